The van der Waals surface area contributed by atoms with Crippen LogP contribution in [0.4, 0.5) is 5.82 Å². The van der Waals surface area contributed by atoms with E-state index < -0.39 is 0 Å². The van der Waals surface area contributed by atoms with Crippen molar-refractivity contribution in [2.75, 3.05) is 5.73 Å². The highest BCUT2D eigenvalue weighted by Crippen LogP contribution is 2.30. The lowest BCUT2D eigenvalue weighted by atomic mass is 9.98. The molecule has 4 rings (SSSR count). The van der Waals surface area contributed by atoms with Crippen molar-refractivity contribution in [3.63, 3.8) is 0 Å². The maximum absolute atomic E-state index is 6.13. The fourth-order valence-corrected chi connectivity index (χ4v) is 3.34. The Labute approximate surface area is 141 Å². The third-order valence-corrected chi connectivity index (χ3v) is 4.51. The number of fused-ring (bicyclic) bond motifs is 3. The summed E-state index contributed by atoms with van der Waals surface area (Å²) in [5.74, 6) is 0.607. The van der Waals surface area contributed by atoms with Crippen LogP contribution in [0.1, 0.15) is 18.4 Å². The number of benzene rings is 2. The molecule has 2 heterocycles. The van der Waals surface area contributed by atoms with Crippen molar-refractivity contribution in [3.05, 3.63) is 66.7 Å². The summed E-state index contributed by atoms with van der Waals surface area (Å²) in [7, 11) is 0. The highest BCUT2D eigenvalue weighted by Gasteiger charge is 2.09. The summed E-state index contributed by atoms with van der Waals surface area (Å²) in [5.41, 5.74) is 8.46. The number of aromatic nitrogens is 3. The first-order valence-electron chi connectivity index (χ1n) is 8.34. The molecule has 4 aromatic rings. The Hall–Kier alpha value is -2.88. The lowest BCUT2D eigenvalue weighted by molar-refractivity contribution is 0.610. The summed E-state index contributed by atoms with van der Waals surface area (Å²) >= 11 is 0. The topological polar surface area (TPSA) is 56.7 Å². The van der Waals surface area contributed by atoms with Crippen molar-refractivity contribution in [2.45, 2.75) is 25.8 Å². The summed E-state index contributed by atoms with van der Waals surface area (Å²) < 4.78 is 2.13. The Kier molecular flexibility index (Phi) is 3.87. The Balaban J connectivity index is 1.64. The summed E-state index contributed by atoms with van der Waals surface area (Å²) in [6.07, 6.45) is 9.02. The van der Waals surface area contributed by atoms with Crippen LogP contribution >= 0.6 is 0 Å². The molecule has 0 saturated carbocycles. The third-order valence-electron chi connectivity index (χ3n) is 4.51. The van der Waals surface area contributed by atoms with E-state index in [9.17, 15) is 0 Å². The van der Waals surface area contributed by atoms with Crippen molar-refractivity contribution >= 4 is 27.5 Å². The molecule has 2 aromatic carbocycles. The van der Waals surface area contributed by atoms with E-state index in [1.807, 2.05) is 36.9 Å². The van der Waals surface area contributed by atoms with Gasteiger partial charge in [0.15, 0.2) is 0 Å². The van der Waals surface area contributed by atoms with Gasteiger partial charge in [-0.15, -0.1) is 0 Å². The summed E-state index contributed by atoms with van der Waals surface area (Å²) in [6.45, 7) is 1.01. The van der Waals surface area contributed by atoms with E-state index in [4.69, 9.17) is 5.73 Å². The Morgan fingerprint density at radius 2 is 1.83 bits per heavy atom. The molecular formula is C20H20N4. The zero-order valence-corrected chi connectivity index (χ0v) is 13.5. The van der Waals surface area contributed by atoms with E-state index in [-0.39, 0.29) is 0 Å². The predicted octanol–water partition coefficient (Wildman–Crippen LogP) is 4.19. The average Bonchev–Trinajstić information content (AvgIpc) is 3.12. The molecule has 4 nitrogen and oxygen atoms in total. The average molecular weight is 316 g/mol. The molecule has 0 radical (unpaired) electrons. The van der Waals surface area contributed by atoms with Crippen LogP contribution in [0, 0.1) is 0 Å². The molecule has 0 unspecified atom stereocenters. The van der Waals surface area contributed by atoms with Crippen LogP contribution in [-0.2, 0) is 13.0 Å². The van der Waals surface area contributed by atoms with E-state index in [0.29, 0.717) is 5.82 Å². The maximum atomic E-state index is 6.13. The highest BCUT2D eigenvalue weighted by molar-refractivity contribution is 6.11. The van der Waals surface area contributed by atoms with Gasteiger partial charge in [0.25, 0.3) is 0 Å². The van der Waals surface area contributed by atoms with Gasteiger partial charge in [0.2, 0.25) is 0 Å². The SMILES string of the molecule is Nc1nc2cccc(CCCCn3ccnc3)c2c2ccccc12. The van der Waals surface area contributed by atoms with Gasteiger partial charge in [-0.3, -0.25) is 0 Å². The molecule has 0 spiro atoms. The minimum absolute atomic E-state index is 0.607. The number of nitrogen functional groups attached to an aromatic ring is 1. The lowest BCUT2D eigenvalue weighted by Crippen LogP contribution is -1.98. The zero-order chi connectivity index (χ0) is 16.4. The first-order chi connectivity index (χ1) is 11.8. The number of aryl methyl sites for hydroxylation is 2. The van der Waals surface area contributed by atoms with Gasteiger partial charge in [0.05, 0.1) is 11.8 Å². The number of unbranched alkanes of at least 4 members (excludes halogenated alkanes) is 1. The Bertz CT molecular complexity index is 974. The van der Waals surface area contributed by atoms with Gasteiger partial charge in [0.1, 0.15) is 5.82 Å². The molecule has 120 valence electrons. The largest absolute Gasteiger partial charge is 0.383 e. The van der Waals surface area contributed by atoms with E-state index >= 15 is 0 Å². The number of hydrogen-bond donors (Lipinski definition) is 1. The van der Waals surface area contributed by atoms with Crippen LogP contribution < -0.4 is 5.73 Å². The first-order valence-corrected chi connectivity index (χ1v) is 8.34. The molecule has 24 heavy (non-hydrogen) atoms. The fourth-order valence-electron chi connectivity index (χ4n) is 3.34. The van der Waals surface area contributed by atoms with Crippen molar-refractivity contribution in [3.8, 4) is 0 Å². The van der Waals surface area contributed by atoms with Crippen LogP contribution in [0.25, 0.3) is 21.7 Å². The maximum Gasteiger partial charge on any atom is 0.131 e. The second kappa shape index (κ2) is 6.32. The lowest BCUT2D eigenvalue weighted by Gasteiger charge is -2.11. The standard InChI is InChI=1S/C20H20N4/c21-20-17-9-2-1-8-16(17)19-15(7-5-10-18(19)23-20)6-3-4-12-24-13-11-22-14-24/h1-2,5,7-11,13-14H,3-4,6,12H2,(H2,21,23). The molecule has 0 amide bonds. The van der Waals surface area contributed by atoms with Gasteiger partial charge in [0, 0.05) is 29.7 Å². The zero-order valence-electron chi connectivity index (χ0n) is 13.5. The van der Waals surface area contributed by atoms with Gasteiger partial charge < -0.3 is 10.3 Å². The third kappa shape index (κ3) is 2.71. The van der Waals surface area contributed by atoms with Crippen LogP contribution in [0.3, 0.4) is 0 Å². The summed E-state index contributed by atoms with van der Waals surface area (Å²) in [4.78, 5) is 8.68. The Morgan fingerprint density at radius 1 is 0.958 bits per heavy atom. The number of rotatable bonds is 5. The number of pyridine rings is 1. The molecule has 0 aliphatic heterocycles. The summed E-state index contributed by atoms with van der Waals surface area (Å²) in [5, 5.41) is 3.48. The molecule has 2 N–H and O–H groups in total. The predicted molar refractivity (Wildman–Crippen MR) is 98.8 cm³/mol. The van der Waals surface area contributed by atoms with Gasteiger partial charge >= 0.3 is 0 Å². The monoisotopic (exact) mass is 316 g/mol. The normalized spacial score (nSPS) is 11.3. The first kappa shape index (κ1) is 14.7. The van der Waals surface area contributed by atoms with E-state index in [2.05, 4.69) is 38.8 Å². The van der Waals surface area contributed by atoms with Gasteiger partial charge in [-0.1, -0.05) is 36.4 Å². The highest BCUT2D eigenvalue weighted by atomic mass is 15.0. The Morgan fingerprint density at radius 3 is 2.67 bits per heavy atom. The van der Waals surface area contributed by atoms with E-state index in [0.717, 1.165) is 36.7 Å². The van der Waals surface area contributed by atoms with Crippen LogP contribution in [0.15, 0.2) is 61.2 Å². The number of hydrogen-bond acceptors (Lipinski definition) is 3. The number of nitrogens with zero attached hydrogens (tertiary/aromatic N) is 3. The minimum Gasteiger partial charge on any atom is -0.383 e. The molecule has 0 aliphatic carbocycles. The molecule has 0 aliphatic rings. The molecule has 0 fully saturated rings. The van der Waals surface area contributed by atoms with E-state index in [1.165, 1.54) is 16.3 Å². The van der Waals surface area contributed by atoms with E-state index in [1.54, 1.807) is 0 Å². The molecule has 0 bridgehead atoms. The quantitative estimate of drug-likeness (QED) is 0.444. The molecule has 0 saturated heterocycles. The second-order valence-electron chi connectivity index (χ2n) is 6.11. The van der Waals surface area contributed by atoms with Crippen LogP contribution in [-0.4, -0.2) is 14.5 Å². The smallest absolute Gasteiger partial charge is 0.131 e. The second-order valence-corrected chi connectivity index (χ2v) is 6.11. The minimum atomic E-state index is 0.607. The van der Waals surface area contributed by atoms with Crippen LogP contribution in [0.5, 0.6) is 0 Å². The van der Waals surface area contributed by atoms with Crippen molar-refractivity contribution in [1.82, 2.24) is 14.5 Å². The van der Waals surface area contributed by atoms with Gasteiger partial charge in [-0.25, -0.2) is 9.97 Å². The van der Waals surface area contributed by atoms with Crippen molar-refractivity contribution in [1.29, 1.82) is 0 Å². The number of imidazole rings is 1. The molecule has 2 aromatic heterocycles. The van der Waals surface area contributed by atoms with Gasteiger partial charge in [-0.05, 0) is 36.3 Å². The van der Waals surface area contributed by atoms with Crippen molar-refractivity contribution in [2.24, 2.45) is 0 Å². The van der Waals surface area contributed by atoms with Crippen molar-refractivity contribution < 1.29 is 0 Å². The molecular weight excluding hydrogens is 296 g/mol. The fraction of sp³-hybridized carbons (Fsp3) is 0.200. The molecule has 0 atom stereocenters. The van der Waals surface area contributed by atoms with Crippen LogP contribution in [0.2, 0.25) is 0 Å². The number of anilines is 1. The summed E-state index contributed by atoms with van der Waals surface area (Å²) in [6, 6.07) is 14.6. The van der Waals surface area contributed by atoms with Gasteiger partial charge in [-0.2, -0.15) is 0 Å². The molecule has 4 heteroatoms. The number of nitrogens with two attached hydrogens (primary N) is 1.